The number of benzene rings is 6. The molecule has 6 aromatic rings. The average Bonchev–Trinajstić information content (AvgIpc) is 2.74. The van der Waals surface area contributed by atoms with Gasteiger partial charge in [-0.3, -0.25) is 0 Å². The molecule has 131 valence electrons. The maximum atomic E-state index is 3.28. The third kappa shape index (κ3) is 2.62. The summed E-state index contributed by atoms with van der Waals surface area (Å²) in [6.07, 6.45) is 0. The molecule has 0 aliphatic rings. The van der Waals surface area contributed by atoms with Crippen LogP contribution in [-0.2, 0) is 0 Å². The summed E-state index contributed by atoms with van der Waals surface area (Å²) < 4.78 is 0. The SMILES string of the molecule is [Si]C#Cc1cccc2cc3cc4cc5cc6ccccc6cc5cc4cc3cc12. The molecule has 0 fully saturated rings. The van der Waals surface area contributed by atoms with Gasteiger partial charge in [0, 0.05) is 5.56 Å². The summed E-state index contributed by atoms with van der Waals surface area (Å²) in [6, 6.07) is 33.2. The lowest BCUT2D eigenvalue weighted by molar-refractivity contribution is 1.73. The minimum atomic E-state index is 1.05. The number of hydrogen-bond donors (Lipinski definition) is 0. The van der Waals surface area contributed by atoms with Crippen molar-refractivity contribution in [2.75, 3.05) is 0 Å². The van der Waals surface area contributed by atoms with Gasteiger partial charge in [0.2, 0.25) is 0 Å². The Morgan fingerprint density at radius 3 is 1.45 bits per heavy atom. The third-order valence-corrected chi connectivity index (χ3v) is 5.93. The largest absolute Gasteiger partial charge is 0.147 e. The van der Waals surface area contributed by atoms with E-state index in [1.165, 1.54) is 53.9 Å². The first kappa shape index (κ1) is 16.4. The Morgan fingerprint density at radius 2 is 0.897 bits per heavy atom. The fourth-order valence-corrected chi connectivity index (χ4v) is 4.53. The Labute approximate surface area is 172 Å². The van der Waals surface area contributed by atoms with Gasteiger partial charge in [-0.2, -0.15) is 0 Å². The first-order chi connectivity index (χ1) is 14.3. The molecule has 0 atom stereocenters. The van der Waals surface area contributed by atoms with Gasteiger partial charge in [0.15, 0.2) is 0 Å². The molecule has 0 saturated heterocycles. The zero-order valence-corrected chi connectivity index (χ0v) is 16.7. The number of fused-ring (bicyclic) bond motifs is 5. The summed E-state index contributed by atoms with van der Waals surface area (Å²) in [4.78, 5) is 0. The van der Waals surface area contributed by atoms with E-state index in [0.29, 0.717) is 0 Å². The molecule has 0 bridgehead atoms. The van der Waals surface area contributed by atoms with E-state index >= 15 is 0 Å². The van der Waals surface area contributed by atoms with Gasteiger partial charge < -0.3 is 0 Å². The van der Waals surface area contributed by atoms with E-state index in [1.807, 2.05) is 0 Å². The van der Waals surface area contributed by atoms with Gasteiger partial charge in [0.05, 0.1) is 0 Å². The highest BCUT2D eigenvalue weighted by Gasteiger charge is 2.06. The summed E-state index contributed by atoms with van der Waals surface area (Å²) in [7, 11) is 3.28. The fraction of sp³-hybridized carbons (Fsp3) is 0. The van der Waals surface area contributed by atoms with E-state index in [0.717, 1.165) is 5.56 Å². The second-order valence-corrected chi connectivity index (χ2v) is 7.82. The van der Waals surface area contributed by atoms with E-state index < -0.39 is 0 Å². The lowest BCUT2D eigenvalue weighted by Gasteiger charge is -2.09. The second-order valence-electron chi connectivity index (χ2n) is 7.57. The molecule has 29 heavy (non-hydrogen) atoms. The molecular formula is C28H15Si. The van der Waals surface area contributed by atoms with Crippen LogP contribution in [0.15, 0.2) is 91.0 Å². The highest BCUT2D eigenvalue weighted by Crippen LogP contribution is 2.32. The maximum Gasteiger partial charge on any atom is 0.147 e. The zero-order chi connectivity index (χ0) is 19.4. The van der Waals surface area contributed by atoms with E-state index in [2.05, 4.69) is 113 Å². The van der Waals surface area contributed by atoms with Crippen LogP contribution in [-0.4, -0.2) is 10.2 Å². The molecule has 1 heteroatoms. The lowest BCUT2D eigenvalue weighted by atomic mass is 9.95. The smallest absolute Gasteiger partial charge is 0.133 e. The van der Waals surface area contributed by atoms with E-state index in [4.69, 9.17) is 0 Å². The second kappa shape index (κ2) is 6.20. The van der Waals surface area contributed by atoms with Crippen LogP contribution in [0.3, 0.4) is 0 Å². The van der Waals surface area contributed by atoms with Crippen molar-refractivity contribution < 1.29 is 0 Å². The minimum absolute atomic E-state index is 1.05. The summed E-state index contributed by atoms with van der Waals surface area (Å²) in [5.41, 5.74) is 3.89. The highest BCUT2D eigenvalue weighted by molar-refractivity contribution is 6.22. The topological polar surface area (TPSA) is 0 Å². The van der Waals surface area contributed by atoms with Crippen molar-refractivity contribution in [3.63, 3.8) is 0 Å². The van der Waals surface area contributed by atoms with Gasteiger partial charge in [-0.1, -0.05) is 42.3 Å². The standard InChI is InChI=1S/C28H15Si/c29-9-8-18-6-3-7-21-12-24-15-25-13-22-10-19-4-1-2-5-20(19)11-23(22)14-26(25)16-27(24)17-28(18)21/h1-7,10-17H. The maximum absolute atomic E-state index is 3.28. The first-order valence-electron chi connectivity index (χ1n) is 9.69. The number of rotatable bonds is 0. The molecule has 0 heterocycles. The lowest BCUT2D eigenvalue weighted by Crippen LogP contribution is -1.83. The van der Waals surface area contributed by atoms with Crippen LogP contribution in [0.2, 0.25) is 0 Å². The Bertz CT molecular complexity index is 1660. The highest BCUT2D eigenvalue weighted by atomic mass is 28.1. The molecule has 0 aliphatic heterocycles. The Balaban J connectivity index is 1.68. The molecule has 6 rings (SSSR count). The van der Waals surface area contributed by atoms with Crippen molar-refractivity contribution >= 4 is 64.1 Å². The predicted octanol–water partition coefficient (Wildman–Crippen LogP) is 6.93. The monoisotopic (exact) mass is 379 g/mol. The van der Waals surface area contributed by atoms with Crippen molar-refractivity contribution in [1.82, 2.24) is 0 Å². The first-order valence-corrected chi connectivity index (χ1v) is 10.2. The molecule has 0 aliphatic carbocycles. The van der Waals surface area contributed by atoms with Crippen LogP contribution in [0.4, 0.5) is 0 Å². The van der Waals surface area contributed by atoms with Crippen LogP contribution in [0.25, 0.3) is 53.9 Å². The zero-order valence-electron chi connectivity index (χ0n) is 15.7. The Morgan fingerprint density at radius 1 is 0.448 bits per heavy atom. The molecule has 6 aromatic carbocycles. The summed E-state index contributed by atoms with van der Waals surface area (Å²) in [5.74, 6) is 3.16. The van der Waals surface area contributed by atoms with E-state index in [9.17, 15) is 0 Å². The Kier molecular flexibility index (Phi) is 3.50. The molecule has 0 saturated carbocycles. The van der Waals surface area contributed by atoms with Crippen LogP contribution in [0, 0.1) is 11.5 Å². The molecule has 0 nitrogen and oxygen atoms in total. The van der Waals surface area contributed by atoms with Crippen LogP contribution in [0.1, 0.15) is 5.56 Å². The third-order valence-electron chi connectivity index (χ3n) is 5.81. The van der Waals surface area contributed by atoms with Crippen LogP contribution < -0.4 is 0 Å². The molecule has 0 unspecified atom stereocenters. The molecule has 0 N–H and O–H groups in total. The van der Waals surface area contributed by atoms with E-state index in [-0.39, 0.29) is 0 Å². The van der Waals surface area contributed by atoms with Gasteiger partial charge in [-0.05, 0) is 108 Å². The van der Waals surface area contributed by atoms with Crippen molar-refractivity contribution in [2.45, 2.75) is 0 Å². The molecule has 3 radical (unpaired) electrons. The summed E-state index contributed by atoms with van der Waals surface area (Å²) in [5, 5.41) is 12.6. The molecule has 0 amide bonds. The van der Waals surface area contributed by atoms with Crippen LogP contribution in [0.5, 0.6) is 0 Å². The van der Waals surface area contributed by atoms with Gasteiger partial charge in [-0.25, -0.2) is 0 Å². The summed E-state index contributed by atoms with van der Waals surface area (Å²) >= 11 is 0. The van der Waals surface area contributed by atoms with Gasteiger partial charge in [0.1, 0.15) is 10.2 Å². The molecule has 0 spiro atoms. The fourth-order valence-electron chi connectivity index (χ4n) is 4.40. The average molecular weight is 380 g/mol. The number of hydrogen-bond acceptors (Lipinski definition) is 0. The van der Waals surface area contributed by atoms with Gasteiger partial charge in [0.25, 0.3) is 0 Å². The van der Waals surface area contributed by atoms with Gasteiger partial charge in [-0.15, -0.1) is 5.54 Å². The van der Waals surface area contributed by atoms with Crippen molar-refractivity contribution in [1.29, 1.82) is 0 Å². The quantitative estimate of drug-likeness (QED) is 0.152. The molecule has 0 aromatic heterocycles. The molecular weight excluding hydrogens is 364 g/mol. The van der Waals surface area contributed by atoms with Gasteiger partial charge >= 0.3 is 0 Å². The van der Waals surface area contributed by atoms with Crippen LogP contribution >= 0.6 is 0 Å². The van der Waals surface area contributed by atoms with E-state index in [1.54, 1.807) is 0 Å². The Hall–Kier alpha value is -3.60. The van der Waals surface area contributed by atoms with Crippen molar-refractivity contribution in [2.24, 2.45) is 0 Å². The van der Waals surface area contributed by atoms with Crippen molar-refractivity contribution in [3.8, 4) is 11.5 Å². The normalized spacial score (nSPS) is 11.3. The predicted molar refractivity (Wildman–Crippen MR) is 127 cm³/mol. The summed E-state index contributed by atoms with van der Waals surface area (Å²) in [6.45, 7) is 0. The minimum Gasteiger partial charge on any atom is -0.133 e. The van der Waals surface area contributed by atoms with Crippen molar-refractivity contribution in [3.05, 3.63) is 96.6 Å².